The molecule has 0 radical (unpaired) electrons. The molecule has 1 amide bonds. The van der Waals surface area contributed by atoms with Gasteiger partial charge in [-0.25, -0.2) is 4.79 Å². The number of carbonyl (C=O) groups excluding carboxylic acids is 1. The summed E-state index contributed by atoms with van der Waals surface area (Å²) in [6.07, 6.45) is 3.33. The fourth-order valence-corrected chi connectivity index (χ4v) is 1.45. The summed E-state index contributed by atoms with van der Waals surface area (Å²) in [5, 5.41) is 5.51. The molecule has 0 fully saturated rings. The van der Waals surface area contributed by atoms with Crippen LogP contribution in [-0.2, 0) is 4.74 Å². The first-order chi connectivity index (χ1) is 7.81. The zero-order valence-corrected chi connectivity index (χ0v) is 8.96. The summed E-state index contributed by atoms with van der Waals surface area (Å²) in [6, 6.07) is 9.70. The molecule has 1 heterocycles. The number of hydrogen-bond acceptors (Lipinski definition) is 3. The van der Waals surface area contributed by atoms with E-state index < -0.39 is 6.09 Å². The second kappa shape index (κ2) is 4.61. The number of nitrogens with zero attached hydrogens (tertiary/aromatic N) is 2. The van der Waals surface area contributed by atoms with E-state index in [1.807, 2.05) is 42.5 Å². The van der Waals surface area contributed by atoms with E-state index in [4.69, 9.17) is 0 Å². The molecule has 0 aromatic heterocycles. The predicted molar refractivity (Wildman–Crippen MR) is 61.2 cm³/mol. The minimum atomic E-state index is -0.446. The Morgan fingerprint density at radius 3 is 2.81 bits per heavy atom. The molecule has 82 valence electrons. The van der Waals surface area contributed by atoms with Crippen molar-refractivity contribution in [2.75, 3.05) is 13.7 Å². The molecular formula is C12H12N2O2. The predicted octanol–water partition coefficient (Wildman–Crippen LogP) is 2.03. The molecule has 0 unspecified atom stereocenters. The minimum absolute atomic E-state index is 0.446. The van der Waals surface area contributed by atoms with Gasteiger partial charge in [-0.05, 0) is 6.08 Å². The van der Waals surface area contributed by atoms with Gasteiger partial charge in [0, 0.05) is 5.56 Å². The molecule has 0 saturated carbocycles. The maximum Gasteiger partial charge on any atom is 0.430 e. The smallest absolute Gasteiger partial charge is 0.430 e. The minimum Gasteiger partial charge on any atom is -0.451 e. The number of hydrogen-bond donors (Lipinski definition) is 0. The Morgan fingerprint density at radius 2 is 2.12 bits per heavy atom. The van der Waals surface area contributed by atoms with Gasteiger partial charge in [0.2, 0.25) is 0 Å². The van der Waals surface area contributed by atoms with Gasteiger partial charge in [0.15, 0.2) is 0 Å². The Balaban J connectivity index is 2.25. The summed E-state index contributed by atoms with van der Waals surface area (Å²) < 4.78 is 4.62. The number of ether oxygens (including phenoxy) is 1. The Labute approximate surface area is 93.8 Å². The van der Waals surface area contributed by atoms with Crippen LogP contribution in [0.2, 0.25) is 0 Å². The summed E-state index contributed by atoms with van der Waals surface area (Å²) in [7, 11) is 1.35. The number of amides is 1. The van der Waals surface area contributed by atoms with E-state index in [-0.39, 0.29) is 0 Å². The third-order valence-corrected chi connectivity index (χ3v) is 2.24. The molecule has 1 aromatic carbocycles. The van der Waals surface area contributed by atoms with E-state index in [0.717, 1.165) is 11.3 Å². The van der Waals surface area contributed by atoms with Crippen molar-refractivity contribution in [3.8, 4) is 0 Å². The van der Waals surface area contributed by atoms with Gasteiger partial charge < -0.3 is 4.74 Å². The van der Waals surface area contributed by atoms with E-state index in [0.29, 0.717) is 6.54 Å². The summed E-state index contributed by atoms with van der Waals surface area (Å²) in [6.45, 7) is 0.447. The van der Waals surface area contributed by atoms with Crippen molar-refractivity contribution in [2.24, 2.45) is 5.10 Å². The normalized spacial score (nSPS) is 14.6. The van der Waals surface area contributed by atoms with E-state index >= 15 is 0 Å². The lowest BCUT2D eigenvalue weighted by Gasteiger charge is -2.18. The van der Waals surface area contributed by atoms with Crippen LogP contribution < -0.4 is 0 Å². The topological polar surface area (TPSA) is 41.9 Å². The average molecular weight is 216 g/mol. The lowest BCUT2D eigenvalue weighted by Crippen LogP contribution is -2.29. The van der Waals surface area contributed by atoms with E-state index in [9.17, 15) is 4.79 Å². The summed E-state index contributed by atoms with van der Waals surface area (Å²) >= 11 is 0. The van der Waals surface area contributed by atoms with Crippen LogP contribution in [0.25, 0.3) is 0 Å². The van der Waals surface area contributed by atoms with Gasteiger partial charge in [0.1, 0.15) is 0 Å². The van der Waals surface area contributed by atoms with Crippen LogP contribution in [0.5, 0.6) is 0 Å². The van der Waals surface area contributed by atoms with E-state index in [1.54, 1.807) is 0 Å². The number of allylic oxidation sites excluding steroid dienone is 1. The second-order valence-corrected chi connectivity index (χ2v) is 3.31. The first-order valence-electron chi connectivity index (χ1n) is 4.97. The highest BCUT2D eigenvalue weighted by molar-refractivity contribution is 6.09. The van der Waals surface area contributed by atoms with Crippen LogP contribution in [0.15, 0.2) is 47.6 Å². The molecule has 16 heavy (non-hydrogen) atoms. The van der Waals surface area contributed by atoms with Gasteiger partial charge in [-0.1, -0.05) is 36.4 Å². The Bertz CT molecular complexity index is 438. The van der Waals surface area contributed by atoms with Gasteiger partial charge in [-0.3, -0.25) is 0 Å². The Hall–Kier alpha value is -2.10. The molecule has 0 spiro atoms. The molecule has 0 bridgehead atoms. The molecule has 0 N–H and O–H groups in total. The summed E-state index contributed by atoms with van der Waals surface area (Å²) in [5.41, 5.74) is 1.74. The van der Waals surface area contributed by atoms with E-state index in [2.05, 4.69) is 9.84 Å². The maximum atomic E-state index is 11.3. The Kier molecular flexibility index (Phi) is 3.00. The highest BCUT2D eigenvalue weighted by atomic mass is 16.5. The molecule has 0 atom stereocenters. The second-order valence-electron chi connectivity index (χ2n) is 3.31. The van der Waals surface area contributed by atoms with Crippen molar-refractivity contribution in [3.05, 3.63) is 48.0 Å². The monoisotopic (exact) mass is 216 g/mol. The average Bonchev–Trinajstić information content (AvgIpc) is 2.39. The third-order valence-electron chi connectivity index (χ3n) is 2.24. The fourth-order valence-electron chi connectivity index (χ4n) is 1.45. The standard InChI is InChI=1S/C12H12N2O2/c1-16-12(15)14-9-5-8-11(13-14)10-6-3-2-4-7-10/h2-8H,9H2,1H3. The zero-order chi connectivity index (χ0) is 11.4. The highest BCUT2D eigenvalue weighted by Gasteiger charge is 2.15. The molecule has 0 saturated heterocycles. The van der Waals surface area contributed by atoms with Gasteiger partial charge in [-0.15, -0.1) is 0 Å². The van der Waals surface area contributed by atoms with Crippen molar-refractivity contribution in [1.82, 2.24) is 5.01 Å². The number of hydrazone groups is 1. The molecule has 1 aromatic rings. The highest BCUT2D eigenvalue weighted by Crippen LogP contribution is 2.09. The number of benzene rings is 1. The van der Waals surface area contributed by atoms with Crippen molar-refractivity contribution in [3.63, 3.8) is 0 Å². The van der Waals surface area contributed by atoms with Crippen LogP contribution in [0.3, 0.4) is 0 Å². The van der Waals surface area contributed by atoms with Crippen molar-refractivity contribution in [1.29, 1.82) is 0 Å². The van der Waals surface area contributed by atoms with Gasteiger partial charge >= 0.3 is 6.09 Å². The first kappa shape index (κ1) is 10.4. The quantitative estimate of drug-likeness (QED) is 0.720. The number of methoxy groups -OCH3 is 1. The molecule has 0 aliphatic carbocycles. The van der Waals surface area contributed by atoms with Crippen molar-refractivity contribution in [2.45, 2.75) is 0 Å². The molecular weight excluding hydrogens is 204 g/mol. The van der Waals surface area contributed by atoms with Crippen LogP contribution >= 0.6 is 0 Å². The van der Waals surface area contributed by atoms with Crippen LogP contribution in [0.1, 0.15) is 5.56 Å². The van der Waals surface area contributed by atoms with Gasteiger partial charge in [0.05, 0.1) is 19.4 Å². The number of rotatable bonds is 1. The molecule has 2 rings (SSSR count). The lowest BCUT2D eigenvalue weighted by molar-refractivity contribution is 0.129. The van der Waals surface area contributed by atoms with Crippen molar-refractivity contribution < 1.29 is 9.53 Å². The molecule has 1 aliphatic rings. The summed E-state index contributed by atoms with van der Waals surface area (Å²) in [4.78, 5) is 11.3. The Morgan fingerprint density at radius 1 is 1.38 bits per heavy atom. The van der Waals surface area contributed by atoms with Gasteiger partial charge in [-0.2, -0.15) is 10.1 Å². The molecule has 4 heteroatoms. The van der Waals surface area contributed by atoms with Crippen LogP contribution in [0, 0.1) is 0 Å². The van der Waals surface area contributed by atoms with Crippen LogP contribution in [-0.4, -0.2) is 30.5 Å². The third kappa shape index (κ3) is 2.11. The van der Waals surface area contributed by atoms with Crippen molar-refractivity contribution >= 4 is 11.8 Å². The fraction of sp³-hybridized carbons (Fsp3) is 0.167. The molecule has 1 aliphatic heterocycles. The van der Waals surface area contributed by atoms with Gasteiger partial charge in [0.25, 0.3) is 0 Å². The zero-order valence-electron chi connectivity index (χ0n) is 8.96. The largest absolute Gasteiger partial charge is 0.451 e. The SMILES string of the molecule is COC(=O)N1CC=CC(c2ccccc2)=N1. The first-order valence-corrected chi connectivity index (χ1v) is 4.97. The number of carbonyl (C=O) groups is 1. The lowest BCUT2D eigenvalue weighted by atomic mass is 10.1. The van der Waals surface area contributed by atoms with Crippen LogP contribution in [0.4, 0.5) is 4.79 Å². The molecule has 4 nitrogen and oxygen atoms in total. The van der Waals surface area contributed by atoms with E-state index in [1.165, 1.54) is 12.1 Å². The maximum absolute atomic E-state index is 11.3. The summed E-state index contributed by atoms with van der Waals surface area (Å²) in [5.74, 6) is 0.